The molecule has 2 amide bonds. The van der Waals surface area contributed by atoms with Crippen molar-refractivity contribution in [1.82, 2.24) is 0 Å². The van der Waals surface area contributed by atoms with Gasteiger partial charge in [0.25, 0.3) is 5.91 Å². The quantitative estimate of drug-likeness (QED) is 0.428. The molecule has 0 spiro atoms. The molecule has 1 aliphatic heterocycles. The summed E-state index contributed by atoms with van der Waals surface area (Å²) in [6, 6.07) is 21.9. The number of aryl methyl sites for hydroxylation is 2. The van der Waals surface area contributed by atoms with E-state index in [1.807, 2.05) is 67.6 Å². The average Bonchev–Trinajstić information content (AvgIpc) is 2.92. The summed E-state index contributed by atoms with van der Waals surface area (Å²) in [5.41, 5.74) is 4.38. The normalized spacial score (nSPS) is 17.3. The SMILES string of the molecule is CCc1ccc(NC(=O)COC(=O)[C@@H]2CCC(=O)N(c3ccc(C)cc3)[C@H]2c2ccc(OC)cc2)cc1. The van der Waals surface area contributed by atoms with Crippen LogP contribution in [0.15, 0.2) is 72.8 Å². The van der Waals surface area contributed by atoms with Crippen LogP contribution in [0.1, 0.15) is 42.5 Å². The van der Waals surface area contributed by atoms with Gasteiger partial charge >= 0.3 is 5.97 Å². The van der Waals surface area contributed by atoms with Crippen LogP contribution in [0.3, 0.4) is 0 Å². The number of piperidine rings is 1. The monoisotopic (exact) mass is 500 g/mol. The number of nitrogens with zero attached hydrogens (tertiary/aromatic N) is 1. The van der Waals surface area contributed by atoms with Crippen LogP contribution in [0.25, 0.3) is 0 Å². The summed E-state index contributed by atoms with van der Waals surface area (Å²) in [5.74, 6) is -0.954. The Bertz CT molecular complexity index is 1240. The molecule has 1 fully saturated rings. The summed E-state index contributed by atoms with van der Waals surface area (Å²) < 4.78 is 10.8. The number of methoxy groups -OCH3 is 1. The zero-order chi connectivity index (χ0) is 26.4. The number of benzene rings is 3. The van der Waals surface area contributed by atoms with Gasteiger partial charge in [0.05, 0.1) is 19.1 Å². The minimum atomic E-state index is -0.635. The Morgan fingerprint density at radius 2 is 1.65 bits per heavy atom. The van der Waals surface area contributed by atoms with Gasteiger partial charge in [-0.15, -0.1) is 0 Å². The van der Waals surface area contributed by atoms with Gasteiger partial charge in [-0.25, -0.2) is 0 Å². The van der Waals surface area contributed by atoms with Gasteiger partial charge in [0, 0.05) is 17.8 Å². The molecular weight excluding hydrogens is 468 g/mol. The standard InChI is InChI=1S/C30H32N2O5/c1-4-21-7-11-23(12-8-21)31-27(33)19-37-30(35)26-17-18-28(34)32(24-13-5-20(2)6-14-24)29(26)22-9-15-25(36-3)16-10-22/h5-16,26,29H,4,17-19H2,1-3H3,(H,31,33)/t26-,29+/m1/s1. The molecule has 0 aliphatic carbocycles. The number of carbonyl (C=O) groups excluding carboxylic acids is 3. The minimum absolute atomic E-state index is 0.0676. The lowest BCUT2D eigenvalue weighted by Gasteiger charge is -2.40. The fourth-order valence-electron chi connectivity index (χ4n) is 4.60. The highest BCUT2D eigenvalue weighted by Crippen LogP contribution is 2.41. The van der Waals surface area contributed by atoms with Crippen LogP contribution in [-0.2, 0) is 25.5 Å². The molecule has 3 aromatic carbocycles. The van der Waals surface area contributed by atoms with E-state index < -0.39 is 30.4 Å². The molecule has 0 bridgehead atoms. The highest BCUT2D eigenvalue weighted by atomic mass is 16.5. The number of carbonyl (C=O) groups is 3. The Morgan fingerprint density at radius 1 is 0.973 bits per heavy atom. The first-order valence-electron chi connectivity index (χ1n) is 12.5. The van der Waals surface area contributed by atoms with Crippen LogP contribution in [0, 0.1) is 12.8 Å². The second-order valence-electron chi connectivity index (χ2n) is 9.17. The van der Waals surface area contributed by atoms with Gasteiger partial charge in [-0.3, -0.25) is 14.4 Å². The van der Waals surface area contributed by atoms with Crippen LogP contribution in [0.2, 0.25) is 0 Å². The lowest BCUT2D eigenvalue weighted by atomic mass is 9.83. The largest absolute Gasteiger partial charge is 0.497 e. The molecule has 0 unspecified atom stereocenters. The van der Waals surface area contributed by atoms with Crippen molar-refractivity contribution in [2.45, 2.75) is 39.2 Å². The zero-order valence-electron chi connectivity index (χ0n) is 21.4. The van der Waals surface area contributed by atoms with Crippen LogP contribution < -0.4 is 15.0 Å². The Balaban J connectivity index is 1.54. The molecule has 1 heterocycles. The molecule has 37 heavy (non-hydrogen) atoms. The predicted octanol–water partition coefficient (Wildman–Crippen LogP) is 5.23. The van der Waals surface area contributed by atoms with Crippen molar-refractivity contribution in [3.8, 4) is 5.75 Å². The van der Waals surface area contributed by atoms with Gasteiger partial charge < -0.3 is 19.7 Å². The van der Waals surface area contributed by atoms with Crippen molar-refractivity contribution in [2.75, 3.05) is 23.9 Å². The van der Waals surface area contributed by atoms with E-state index in [0.717, 1.165) is 17.5 Å². The first kappa shape index (κ1) is 25.9. The average molecular weight is 501 g/mol. The van der Waals surface area contributed by atoms with Crippen molar-refractivity contribution < 1.29 is 23.9 Å². The molecule has 0 saturated carbocycles. The Hall–Kier alpha value is -4.13. The van der Waals surface area contributed by atoms with Gasteiger partial charge in [0.1, 0.15) is 5.75 Å². The van der Waals surface area contributed by atoms with Crippen LogP contribution in [-0.4, -0.2) is 31.5 Å². The number of esters is 1. The summed E-state index contributed by atoms with van der Waals surface area (Å²) in [6.07, 6.45) is 1.44. The molecule has 1 N–H and O–H groups in total. The zero-order valence-corrected chi connectivity index (χ0v) is 21.4. The number of rotatable bonds is 8. The van der Waals surface area contributed by atoms with E-state index >= 15 is 0 Å². The van der Waals surface area contributed by atoms with E-state index in [0.29, 0.717) is 23.5 Å². The summed E-state index contributed by atoms with van der Waals surface area (Å²) in [7, 11) is 1.58. The number of hydrogen-bond donors (Lipinski definition) is 1. The number of amides is 2. The van der Waals surface area contributed by atoms with Crippen molar-refractivity contribution in [1.29, 1.82) is 0 Å². The van der Waals surface area contributed by atoms with Crippen LogP contribution >= 0.6 is 0 Å². The smallest absolute Gasteiger partial charge is 0.311 e. The molecule has 0 radical (unpaired) electrons. The third kappa shape index (κ3) is 6.17. The topological polar surface area (TPSA) is 84.9 Å². The lowest BCUT2D eigenvalue weighted by molar-refractivity contribution is -0.153. The third-order valence-corrected chi connectivity index (χ3v) is 6.66. The van der Waals surface area contributed by atoms with Gasteiger partial charge in [-0.1, -0.05) is 48.9 Å². The van der Waals surface area contributed by atoms with Gasteiger partial charge in [-0.05, 0) is 67.3 Å². The fraction of sp³-hybridized carbons (Fsp3) is 0.300. The number of nitrogens with one attached hydrogen (secondary N) is 1. The van der Waals surface area contributed by atoms with Crippen LogP contribution in [0.5, 0.6) is 5.75 Å². The Morgan fingerprint density at radius 3 is 2.27 bits per heavy atom. The maximum atomic E-state index is 13.3. The molecule has 192 valence electrons. The van der Waals surface area contributed by atoms with E-state index in [9.17, 15) is 14.4 Å². The second kappa shape index (κ2) is 11.7. The third-order valence-electron chi connectivity index (χ3n) is 6.66. The van der Waals surface area contributed by atoms with E-state index in [4.69, 9.17) is 9.47 Å². The van der Waals surface area contributed by atoms with Crippen molar-refractivity contribution >= 4 is 29.2 Å². The molecule has 1 saturated heterocycles. The molecule has 3 aromatic rings. The first-order chi connectivity index (χ1) is 17.9. The molecule has 4 rings (SSSR count). The minimum Gasteiger partial charge on any atom is -0.497 e. The highest BCUT2D eigenvalue weighted by molar-refractivity contribution is 5.97. The fourth-order valence-corrected chi connectivity index (χ4v) is 4.60. The molecule has 0 aromatic heterocycles. The van der Waals surface area contributed by atoms with E-state index in [1.165, 1.54) is 5.56 Å². The maximum absolute atomic E-state index is 13.3. The first-order valence-corrected chi connectivity index (χ1v) is 12.5. The van der Waals surface area contributed by atoms with Crippen molar-refractivity contribution in [3.05, 3.63) is 89.5 Å². The number of anilines is 2. The molecule has 7 nitrogen and oxygen atoms in total. The van der Waals surface area contributed by atoms with Gasteiger partial charge in [0.15, 0.2) is 6.61 Å². The summed E-state index contributed by atoms with van der Waals surface area (Å²) in [6.45, 7) is 3.63. The van der Waals surface area contributed by atoms with E-state index in [1.54, 1.807) is 24.1 Å². The number of hydrogen-bond acceptors (Lipinski definition) is 5. The second-order valence-corrected chi connectivity index (χ2v) is 9.17. The van der Waals surface area contributed by atoms with Crippen molar-refractivity contribution in [2.24, 2.45) is 5.92 Å². The molecular formula is C30H32N2O5. The molecule has 1 aliphatic rings. The summed E-state index contributed by atoms with van der Waals surface area (Å²) >= 11 is 0. The van der Waals surface area contributed by atoms with Crippen molar-refractivity contribution in [3.63, 3.8) is 0 Å². The lowest BCUT2D eigenvalue weighted by Crippen LogP contribution is -2.46. The predicted molar refractivity (Wildman–Crippen MR) is 143 cm³/mol. The summed E-state index contributed by atoms with van der Waals surface area (Å²) in [4.78, 5) is 40.6. The maximum Gasteiger partial charge on any atom is 0.311 e. The van der Waals surface area contributed by atoms with Crippen LogP contribution in [0.4, 0.5) is 11.4 Å². The van der Waals surface area contributed by atoms with Gasteiger partial charge in [-0.2, -0.15) is 0 Å². The van der Waals surface area contributed by atoms with E-state index in [-0.39, 0.29) is 12.3 Å². The summed E-state index contributed by atoms with van der Waals surface area (Å²) in [5, 5.41) is 2.76. The Labute approximate surface area is 217 Å². The van der Waals surface area contributed by atoms with E-state index in [2.05, 4.69) is 12.2 Å². The highest BCUT2D eigenvalue weighted by Gasteiger charge is 2.42. The number of ether oxygens (including phenoxy) is 2. The Kier molecular flexibility index (Phi) is 8.23. The van der Waals surface area contributed by atoms with Gasteiger partial charge in [0.2, 0.25) is 5.91 Å². The molecule has 2 atom stereocenters. The molecule has 7 heteroatoms.